The number of rotatable bonds is 2. The number of amides is 1. The Balaban J connectivity index is 1.82. The lowest BCUT2D eigenvalue weighted by Crippen LogP contribution is -2.40. The molecule has 1 N–H and O–H groups in total. The van der Waals surface area contributed by atoms with Crippen molar-refractivity contribution in [3.05, 3.63) is 12.7 Å². The summed E-state index contributed by atoms with van der Waals surface area (Å²) in [7, 11) is 3.61. The molecule has 0 radical (unpaired) electrons. The predicted molar refractivity (Wildman–Crippen MR) is 75.3 cm³/mol. The van der Waals surface area contributed by atoms with Crippen molar-refractivity contribution in [3.63, 3.8) is 0 Å². The smallest absolute Gasteiger partial charge is 0.222 e. The summed E-state index contributed by atoms with van der Waals surface area (Å²) in [5.41, 5.74) is 1.66. The predicted octanol–water partition coefficient (Wildman–Crippen LogP) is 0.326. The Labute approximate surface area is 117 Å². The molecule has 0 aliphatic carbocycles. The fourth-order valence-electron chi connectivity index (χ4n) is 2.72. The fraction of sp³-hybridized carbons (Fsp3) is 0.538. The fourth-order valence-corrected chi connectivity index (χ4v) is 2.72. The van der Waals surface area contributed by atoms with Crippen molar-refractivity contribution >= 4 is 22.9 Å². The summed E-state index contributed by atoms with van der Waals surface area (Å²) in [6.45, 7) is 1.64. The van der Waals surface area contributed by atoms with Gasteiger partial charge in [0.1, 0.15) is 6.33 Å². The Morgan fingerprint density at radius 2 is 2.05 bits per heavy atom. The molecule has 0 saturated carbocycles. The van der Waals surface area contributed by atoms with Crippen LogP contribution in [-0.2, 0) is 11.8 Å². The molecule has 0 atom stereocenters. The van der Waals surface area contributed by atoms with Crippen LogP contribution in [0.3, 0.4) is 0 Å². The number of nitrogens with one attached hydrogen (secondary N) is 1. The number of hydrogen-bond acceptors (Lipinski definition) is 5. The van der Waals surface area contributed by atoms with Crippen molar-refractivity contribution in [2.75, 3.05) is 25.0 Å². The molecule has 0 spiro atoms. The third kappa shape index (κ3) is 2.09. The molecule has 1 saturated heterocycles. The molecule has 3 heterocycles. The molecule has 3 rings (SSSR count). The zero-order chi connectivity index (χ0) is 14.1. The van der Waals surface area contributed by atoms with Crippen LogP contribution in [0.4, 0.5) is 5.82 Å². The third-order valence-corrected chi connectivity index (χ3v) is 3.89. The van der Waals surface area contributed by atoms with Gasteiger partial charge in [0.05, 0.1) is 6.33 Å². The lowest BCUT2D eigenvalue weighted by atomic mass is 9.96. The molecular weight excluding hydrogens is 256 g/mol. The first-order chi connectivity index (χ1) is 9.70. The molecule has 1 fully saturated rings. The minimum atomic E-state index is 0.109. The normalized spacial score (nSPS) is 16.6. The standard InChI is InChI=1S/C13H18N6O/c1-14-13(20)9-3-5-19(6-4-9)12-10-11(15-7-16-12)18(2)8-17-10/h7-9H,3-6H2,1-2H3,(H,14,20). The number of nitrogens with zero attached hydrogens (tertiary/aromatic N) is 5. The van der Waals surface area contributed by atoms with E-state index in [1.807, 2.05) is 11.6 Å². The maximum atomic E-state index is 11.7. The van der Waals surface area contributed by atoms with Crippen molar-refractivity contribution in [1.82, 2.24) is 24.8 Å². The zero-order valence-electron chi connectivity index (χ0n) is 11.7. The number of carbonyl (C=O) groups excluding carboxylic acids is 1. The zero-order valence-corrected chi connectivity index (χ0v) is 11.7. The average Bonchev–Trinajstić information content (AvgIpc) is 2.88. The Morgan fingerprint density at radius 3 is 2.75 bits per heavy atom. The van der Waals surface area contributed by atoms with E-state index in [0.29, 0.717) is 0 Å². The number of fused-ring (bicyclic) bond motifs is 1. The summed E-state index contributed by atoms with van der Waals surface area (Å²) >= 11 is 0. The lowest BCUT2D eigenvalue weighted by Gasteiger charge is -2.31. The van der Waals surface area contributed by atoms with E-state index in [9.17, 15) is 4.79 Å². The highest BCUT2D eigenvalue weighted by Crippen LogP contribution is 2.26. The molecule has 1 amide bonds. The average molecular weight is 274 g/mol. The van der Waals surface area contributed by atoms with Crippen LogP contribution < -0.4 is 10.2 Å². The van der Waals surface area contributed by atoms with Crippen LogP contribution >= 0.6 is 0 Å². The quantitative estimate of drug-likeness (QED) is 0.854. The van der Waals surface area contributed by atoms with E-state index in [-0.39, 0.29) is 11.8 Å². The molecule has 0 unspecified atom stereocenters. The van der Waals surface area contributed by atoms with Gasteiger partial charge in [0.2, 0.25) is 5.91 Å². The Hall–Kier alpha value is -2.18. The van der Waals surface area contributed by atoms with Gasteiger partial charge in [-0.25, -0.2) is 15.0 Å². The summed E-state index contributed by atoms with van der Waals surface area (Å²) in [6, 6.07) is 0. The summed E-state index contributed by atoms with van der Waals surface area (Å²) in [5, 5.41) is 2.72. The number of aromatic nitrogens is 4. The first kappa shape index (κ1) is 12.8. The largest absolute Gasteiger partial charge is 0.359 e. The second-order valence-corrected chi connectivity index (χ2v) is 5.10. The summed E-state index contributed by atoms with van der Waals surface area (Å²) in [5.74, 6) is 1.11. The topological polar surface area (TPSA) is 75.9 Å². The molecule has 106 valence electrons. The van der Waals surface area contributed by atoms with Crippen molar-refractivity contribution in [3.8, 4) is 0 Å². The van der Waals surface area contributed by atoms with Gasteiger partial charge in [-0.2, -0.15) is 0 Å². The van der Waals surface area contributed by atoms with Crippen LogP contribution in [0, 0.1) is 5.92 Å². The van der Waals surface area contributed by atoms with Crippen LogP contribution in [0.1, 0.15) is 12.8 Å². The van der Waals surface area contributed by atoms with Gasteiger partial charge in [-0.05, 0) is 12.8 Å². The maximum absolute atomic E-state index is 11.7. The third-order valence-electron chi connectivity index (χ3n) is 3.89. The van der Waals surface area contributed by atoms with Gasteiger partial charge in [-0.3, -0.25) is 4.79 Å². The Bertz CT molecular complexity index is 629. The van der Waals surface area contributed by atoms with Crippen LogP contribution in [-0.4, -0.2) is 45.6 Å². The van der Waals surface area contributed by atoms with E-state index < -0.39 is 0 Å². The summed E-state index contributed by atoms with van der Waals surface area (Å²) < 4.78 is 1.89. The highest BCUT2D eigenvalue weighted by atomic mass is 16.1. The monoisotopic (exact) mass is 274 g/mol. The minimum Gasteiger partial charge on any atom is -0.359 e. The molecule has 7 heteroatoms. The van der Waals surface area contributed by atoms with E-state index in [1.54, 1.807) is 19.7 Å². The van der Waals surface area contributed by atoms with Gasteiger partial charge in [0.25, 0.3) is 0 Å². The van der Waals surface area contributed by atoms with E-state index in [0.717, 1.165) is 42.9 Å². The minimum absolute atomic E-state index is 0.109. The molecule has 1 aliphatic heterocycles. The molecule has 0 bridgehead atoms. The number of hydrogen-bond donors (Lipinski definition) is 1. The second kappa shape index (κ2) is 5.07. The Morgan fingerprint density at radius 1 is 1.30 bits per heavy atom. The van der Waals surface area contributed by atoms with Crippen molar-refractivity contribution in [2.24, 2.45) is 13.0 Å². The SMILES string of the molecule is CNC(=O)C1CCN(c2ncnc3c2ncn3C)CC1. The van der Waals surface area contributed by atoms with Crippen LogP contribution in [0.5, 0.6) is 0 Å². The maximum Gasteiger partial charge on any atom is 0.222 e. The van der Waals surface area contributed by atoms with Crippen molar-refractivity contribution in [2.45, 2.75) is 12.8 Å². The van der Waals surface area contributed by atoms with E-state index in [1.165, 1.54) is 0 Å². The Kier molecular flexibility index (Phi) is 3.25. The van der Waals surface area contributed by atoms with Gasteiger partial charge >= 0.3 is 0 Å². The van der Waals surface area contributed by atoms with Gasteiger partial charge < -0.3 is 14.8 Å². The molecule has 2 aromatic rings. The molecule has 1 aliphatic rings. The van der Waals surface area contributed by atoms with E-state index in [2.05, 4.69) is 25.2 Å². The molecular formula is C13H18N6O. The van der Waals surface area contributed by atoms with E-state index >= 15 is 0 Å². The number of aryl methyl sites for hydroxylation is 1. The number of carbonyl (C=O) groups is 1. The second-order valence-electron chi connectivity index (χ2n) is 5.10. The highest BCUT2D eigenvalue weighted by molar-refractivity contribution is 5.83. The molecule has 7 nitrogen and oxygen atoms in total. The van der Waals surface area contributed by atoms with E-state index in [4.69, 9.17) is 0 Å². The van der Waals surface area contributed by atoms with Gasteiger partial charge in [-0.15, -0.1) is 0 Å². The van der Waals surface area contributed by atoms with Crippen molar-refractivity contribution in [1.29, 1.82) is 0 Å². The highest BCUT2D eigenvalue weighted by Gasteiger charge is 2.26. The first-order valence-electron chi connectivity index (χ1n) is 6.79. The van der Waals surface area contributed by atoms with Gasteiger partial charge in [0, 0.05) is 33.1 Å². The van der Waals surface area contributed by atoms with Gasteiger partial charge in [-0.1, -0.05) is 0 Å². The number of anilines is 1. The molecule has 2 aromatic heterocycles. The summed E-state index contributed by atoms with van der Waals surface area (Å²) in [4.78, 5) is 26.9. The summed E-state index contributed by atoms with van der Waals surface area (Å²) in [6.07, 6.45) is 5.01. The van der Waals surface area contributed by atoms with Crippen LogP contribution in [0.25, 0.3) is 11.2 Å². The number of piperidine rings is 1. The van der Waals surface area contributed by atoms with Gasteiger partial charge in [0.15, 0.2) is 17.0 Å². The molecule has 20 heavy (non-hydrogen) atoms. The first-order valence-corrected chi connectivity index (χ1v) is 6.79. The van der Waals surface area contributed by atoms with Crippen LogP contribution in [0.15, 0.2) is 12.7 Å². The number of imidazole rings is 1. The van der Waals surface area contributed by atoms with Crippen LogP contribution in [0.2, 0.25) is 0 Å². The van der Waals surface area contributed by atoms with Crippen molar-refractivity contribution < 1.29 is 4.79 Å². The molecule has 0 aromatic carbocycles. The lowest BCUT2D eigenvalue weighted by molar-refractivity contribution is -0.125.